The zero-order chi connectivity index (χ0) is 16.8. The molecule has 0 radical (unpaired) electrons. The summed E-state index contributed by atoms with van der Waals surface area (Å²) in [6, 6.07) is 13.0. The smallest absolute Gasteiger partial charge is 0.274 e. The predicted molar refractivity (Wildman–Crippen MR) is 91.3 cm³/mol. The van der Waals surface area contributed by atoms with Gasteiger partial charge in [-0.05, 0) is 24.3 Å². The Morgan fingerprint density at radius 1 is 1.04 bits per heavy atom. The molecule has 1 amide bonds. The highest BCUT2D eigenvalue weighted by Gasteiger charge is 2.23. The second kappa shape index (κ2) is 5.19. The number of anilines is 1. The Bertz CT molecular complexity index is 1040. The fourth-order valence-corrected chi connectivity index (χ4v) is 2.93. The van der Waals surface area contributed by atoms with Crippen LogP contribution in [0.2, 0.25) is 0 Å². The number of fused-ring (bicyclic) bond motifs is 2. The topological polar surface area (TPSA) is 64.4 Å². The fourth-order valence-electron chi connectivity index (χ4n) is 2.93. The summed E-state index contributed by atoms with van der Waals surface area (Å²) >= 11 is 0. The quantitative estimate of drug-likeness (QED) is 0.687. The standard InChI is InChI=1S/C18H15N3O3/c1-20-14-9-11(7-8-15(14)24-10-16(20)22)17-12-5-3-4-6-13(12)18(23)21(2)19-17/h3-9H,10H2,1-2H3. The summed E-state index contributed by atoms with van der Waals surface area (Å²) in [6.07, 6.45) is 0. The van der Waals surface area contributed by atoms with Gasteiger partial charge in [0.25, 0.3) is 11.5 Å². The Labute approximate surface area is 137 Å². The Morgan fingerprint density at radius 3 is 2.58 bits per heavy atom. The molecule has 0 N–H and O–H groups in total. The summed E-state index contributed by atoms with van der Waals surface area (Å²) in [7, 11) is 3.36. The molecule has 6 heteroatoms. The highest BCUT2D eigenvalue weighted by atomic mass is 16.5. The van der Waals surface area contributed by atoms with Gasteiger partial charge >= 0.3 is 0 Å². The molecule has 1 aliphatic rings. The van der Waals surface area contributed by atoms with Gasteiger partial charge in [0.1, 0.15) is 5.75 Å². The number of hydrogen-bond donors (Lipinski definition) is 0. The van der Waals surface area contributed by atoms with E-state index < -0.39 is 0 Å². The van der Waals surface area contributed by atoms with Gasteiger partial charge in [-0.2, -0.15) is 5.10 Å². The van der Waals surface area contributed by atoms with Crippen molar-refractivity contribution in [2.45, 2.75) is 0 Å². The maximum Gasteiger partial charge on any atom is 0.274 e. The van der Waals surface area contributed by atoms with Gasteiger partial charge in [-0.15, -0.1) is 0 Å². The van der Waals surface area contributed by atoms with E-state index in [2.05, 4.69) is 5.10 Å². The third-order valence-corrected chi connectivity index (χ3v) is 4.28. The number of rotatable bonds is 1. The van der Waals surface area contributed by atoms with Crippen LogP contribution in [0.15, 0.2) is 47.3 Å². The molecule has 0 saturated carbocycles. The molecule has 0 bridgehead atoms. The Hall–Kier alpha value is -3.15. The van der Waals surface area contributed by atoms with Crippen LogP contribution in [0.25, 0.3) is 22.0 Å². The number of nitrogens with zero attached hydrogens (tertiary/aromatic N) is 3. The van der Waals surface area contributed by atoms with Gasteiger partial charge in [-0.25, -0.2) is 4.68 Å². The molecule has 24 heavy (non-hydrogen) atoms. The third-order valence-electron chi connectivity index (χ3n) is 4.28. The van der Waals surface area contributed by atoms with E-state index in [1.165, 1.54) is 4.68 Å². The van der Waals surface area contributed by atoms with Crippen LogP contribution in [0.4, 0.5) is 5.69 Å². The average Bonchev–Trinajstić information content (AvgIpc) is 2.61. The van der Waals surface area contributed by atoms with Gasteiger partial charge in [0.05, 0.1) is 16.8 Å². The van der Waals surface area contributed by atoms with Crippen molar-refractivity contribution in [2.75, 3.05) is 18.6 Å². The average molecular weight is 321 g/mol. The number of amides is 1. The van der Waals surface area contributed by atoms with Gasteiger partial charge in [-0.3, -0.25) is 9.59 Å². The van der Waals surface area contributed by atoms with E-state index in [0.717, 1.165) is 10.9 Å². The van der Waals surface area contributed by atoms with Crippen LogP contribution in [0.3, 0.4) is 0 Å². The zero-order valence-electron chi connectivity index (χ0n) is 13.3. The Balaban J connectivity index is 1.98. The lowest BCUT2D eigenvalue weighted by Gasteiger charge is -2.26. The number of carbonyl (C=O) groups excluding carboxylic acids is 1. The highest BCUT2D eigenvalue weighted by Crippen LogP contribution is 2.36. The molecule has 0 fully saturated rings. The summed E-state index contributed by atoms with van der Waals surface area (Å²) in [5.41, 5.74) is 2.08. The van der Waals surface area contributed by atoms with E-state index in [1.807, 2.05) is 36.4 Å². The minimum Gasteiger partial charge on any atom is -0.482 e. The lowest BCUT2D eigenvalue weighted by Crippen LogP contribution is -2.35. The van der Waals surface area contributed by atoms with Crippen molar-refractivity contribution in [3.05, 3.63) is 52.8 Å². The van der Waals surface area contributed by atoms with Crippen molar-refractivity contribution in [1.82, 2.24) is 9.78 Å². The summed E-state index contributed by atoms with van der Waals surface area (Å²) in [5, 5.41) is 5.82. The number of aryl methyl sites for hydroxylation is 1. The number of carbonyl (C=O) groups is 1. The van der Waals surface area contributed by atoms with Crippen LogP contribution in [-0.4, -0.2) is 29.3 Å². The summed E-state index contributed by atoms with van der Waals surface area (Å²) < 4.78 is 6.80. The molecule has 0 aliphatic carbocycles. The van der Waals surface area contributed by atoms with Crippen molar-refractivity contribution in [2.24, 2.45) is 7.05 Å². The molecule has 4 rings (SSSR count). The molecule has 1 aromatic heterocycles. The van der Waals surface area contributed by atoms with Crippen LogP contribution in [0.1, 0.15) is 0 Å². The van der Waals surface area contributed by atoms with Crippen molar-refractivity contribution < 1.29 is 9.53 Å². The highest BCUT2D eigenvalue weighted by molar-refractivity contribution is 5.99. The van der Waals surface area contributed by atoms with Crippen LogP contribution < -0.4 is 15.2 Å². The monoisotopic (exact) mass is 321 g/mol. The first kappa shape index (κ1) is 14.4. The first-order valence-electron chi connectivity index (χ1n) is 7.56. The molecule has 0 spiro atoms. The predicted octanol–water partition coefficient (Wildman–Crippen LogP) is 1.96. The molecular formula is C18H15N3O3. The molecule has 0 saturated heterocycles. The molecule has 2 aromatic carbocycles. The van der Waals surface area contributed by atoms with Crippen molar-refractivity contribution in [3.8, 4) is 17.0 Å². The van der Waals surface area contributed by atoms with Gasteiger partial charge in [0.15, 0.2) is 6.61 Å². The minimum atomic E-state index is -0.136. The van der Waals surface area contributed by atoms with E-state index in [-0.39, 0.29) is 18.1 Å². The molecule has 0 atom stereocenters. The van der Waals surface area contributed by atoms with Crippen molar-refractivity contribution in [1.29, 1.82) is 0 Å². The van der Waals surface area contributed by atoms with E-state index >= 15 is 0 Å². The van der Waals surface area contributed by atoms with E-state index in [0.29, 0.717) is 22.5 Å². The second-order valence-electron chi connectivity index (χ2n) is 5.75. The van der Waals surface area contributed by atoms with Gasteiger partial charge in [-0.1, -0.05) is 18.2 Å². The van der Waals surface area contributed by atoms with Crippen molar-refractivity contribution in [3.63, 3.8) is 0 Å². The van der Waals surface area contributed by atoms with Crippen LogP contribution in [0.5, 0.6) is 5.75 Å². The first-order chi connectivity index (χ1) is 11.6. The number of hydrogen-bond acceptors (Lipinski definition) is 4. The minimum absolute atomic E-state index is 0.0455. The number of ether oxygens (including phenoxy) is 1. The Kier molecular flexibility index (Phi) is 3.13. The van der Waals surface area contributed by atoms with Gasteiger partial charge in [0, 0.05) is 25.0 Å². The van der Waals surface area contributed by atoms with E-state index in [9.17, 15) is 9.59 Å². The van der Waals surface area contributed by atoms with E-state index in [1.54, 1.807) is 25.1 Å². The lowest BCUT2D eigenvalue weighted by atomic mass is 10.0. The van der Waals surface area contributed by atoms with Crippen LogP contribution in [-0.2, 0) is 11.8 Å². The number of aromatic nitrogens is 2. The molecule has 2 heterocycles. The normalized spacial score (nSPS) is 13.8. The lowest BCUT2D eigenvalue weighted by molar-refractivity contribution is -0.120. The maximum atomic E-state index is 12.3. The zero-order valence-corrected chi connectivity index (χ0v) is 13.3. The SMILES string of the molecule is CN1C(=O)COc2ccc(-c3nn(C)c(=O)c4ccccc34)cc21. The summed E-state index contributed by atoms with van der Waals surface area (Å²) in [6.45, 7) is 0.0455. The van der Waals surface area contributed by atoms with Gasteiger partial charge in [0.2, 0.25) is 0 Å². The largest absolute Gasteiger partial charge is 0.482 e. The fraction of sp³-hybridized carbons (Fsp3) is 0.167. The maximum absolute atomic E-state index is 12.3. The molecule has 0 unspecified atom stereocenters. The molecular weight excluding hydrogens is 306 g/mol. The van der Waals surface area contributed by atoms with Crippen molar-refractivity contribution >= 4 is 22.4 Å². The van der Waals surface area contributed by atoms with Crippen LogP contribution in [0, 0.1) is 0 Å². The molecule has 3 aromatic rings. The number of likely N-dealkylation sites (N-methyl/N-ethyl adjacent to an activating group) is 1. The first-order valence-corrected chi connectivity index (χ1v) is 7.56. The second-order valence-corrected chi connectivity index (χ2v) is 5.75. The molecule has 6 nitrogen and oxygen atoms in total. The van der Waals surface area contributed by atoms with Crippen LogP contribution >= 0.6 is 0 Å². The summed E-state index contributed by atoms with van der Waals surface area (Å²) in [5.74, 6) is 0.563. The number of benzene rings is 2. The molecule has 120 valence electrons. The third kappa shape index (κ3) is 2.07. The molecule has 1 aliphatic heterocycles. The van der Waals surface area contributed by atoms with Gasteiger partial charge < -0.3 is 9.64 Å². The summed E-state index contributed by atoms with van der Waals surface area (Å²) in [4.78, 5) is 25.7. The van der Waals surface area contributed by atoms with E-state index in [4.69, 9.17) is 4.74 Å². The Morgan fingerprint density at radius 2 is 1.79 bits per heavy atom.